The molecule has 0 aromatic heterocycles. The Morgan fingerprint density at radius 2 is 1.54 bits per heavy atom. The van der Waals surface area contributed by atoms with Gasteiger partial charge in [0.15, 0.2) is 0 Å². The molecule has 2 aromatic rings. The largest absolute Gasteiger partial charge is 0.320 e. The third-order valence-corrected chi connectivity index (χ3v) is 6.50. The number of rotatable bonds is 9. The molecule has 0 spiro atoms. The molecular weight excluding hydrogens is 339 g/mol. The molecule has 0 fully saturated rings. The Morgan fingerprint density at radius 3 is 2.15 bits per heavy atom. The van der Waals surface area contributed by atoms with Crippen molar-refractivity contribution in [2.24, 2.45) is 0 Å². The van der Waals surface area contributed by atoms with E-state index in [2.05, 4.69) is 32.9 Å². The molecule has 0 aliphatic rings. The van der Waals surface area contributed by atoms with Crippen LogP contribution in [0, 0.1) is 0 Å². The Balaban J connectivity index is 2.11. The summed E-state index contributed by atoms with van der Waals surface area (Å²) in [5, 5.41) is 0.782. The highest BCUT2D eigenvalue weighted by molar-refractivity contribution is 7.67. The third-order valence-electron chi connectivity index (χ3n) is 4.20. The highest BCUT2D eigenvalue weighted by Gasteiger charge is 2.24. The summed E-state index contributed by atoms with van der Waals surface area (Å²) in [6.45, 7) is 6.68. The van der Waals surface area contributed by atoms with Crippen LogP contribution < -0.4 is 5.30 Å². The number of allylic oxidation sites excluding steroid dienone is 4. The SMILES string of the molecule is CC(C)=CCC/C(C)=C/CP(=O)(OCc1ccccc1)c1ccccc1. The van der Waals surface area contributed by atoms with Crippen LogP contribution in [0.1, 0.15) is 39.2 Å². The Morgan fingerprint density at radius 1 is 0.923 bits per heavy atom. The smallest absolute Gasteiger partial charge is 0.236 e. The summed E-state index contributed by atoms with van der Waals surface area (Å²) in [5.74, 6) is 0. The highest BCUT2D eigenvalue weighted by atomic mass is 31.2. The average molecular weight is 368 g/mol. The zero-order chi connectivity index (χ0) is 18.8. The van der Waals surface area contributed by atoms with E-state index in [4.69, 9.17) is 4.52 Å². The van der Waals surface area contributed by atoms with E-state index in [1.165, 1.54) is 11.1 Å². The summed E-state index contributed by atoms with van der Waals surface area (Å²) < 4.78 is 19.6. The van der Waals surface area contributed by atoms with Crippen LogP contribution in [0.5, 0.6) is 0 Å². The fraction of sp³-hybridized carbons (Fsp3) is 0.304. The van der Waals surface area contributed by atoms with Crippen LogP contribution in [0.15, 0.2) is 84.0 Å². The molecule has 1 unspecified atom stereocenters. The van der Waals surface area contributed by atoms with Gasteiger partial charge in [-0.1, -0.05) is 71.8 Å². The summed E-state index contributed by atoms with van der Waals surface area (Å²) in [7, 11) is -2.93. The molecule has 0 aliphatic carbocycles. The van der Waals surface area contributed by atoms with Crippen LogP contribution in [-0.2, 0) is 15.7 Å². The predicted molar refractivity (Wildman–Crippen MR) is 112 cm³/mol. The average Bonchev–Trinajstić information content (AvgIpc) is 2.66. The second-order valence-corrected chi connectivity index (χ2v) is 9.31. The monoisotopic (exact) mass is 368 g/mol. The van der Waals surface area contributed by atoms with E-state index in [1.807, 2.05) is 60.7 Å². The van der Waals surface area contributed by atoms with E-state index in [1.54, 1.807) is 0 Å². The van der Waals surface area contributed by atoms with Gasteiger partial charge in [-0.15, -0.1) is 0 Å². The molecule has 0 aliphatic heterocycles. The van der Waals surface area contributed by atoms with Gasteiger partial charge in [-0.05, 0) is 51.3 Å². The minimum atomic E-state index is -2.93. The van der Waals surface area contributed by atoms with E-state index < -0.39 is 7.37 Å². The molecule has 0 N–H and O–H groups in total. The van der Waals surface area contributed by atoms with Crippen molar-refractivity contribution in [3.05, 3.63) is 89.5 Å². The van der Waals surface area contributed by atoms with Crippen molar-refractivity contribution in [3.8, 4) is 0 Å². The lowest BCUT2D eigenvalue weighted by molar-refractivity contribution is 0.311. The van der Waals surface area contributed by atoms with Gasteiger partial charge in [-0.2, -0.15) is 0 Å². The maximum atomic E-state index is 13.6. The fourth-order valence-electron chi connectivity index (χ4n) is 2.61. The van der Waals surface area contributed by atoms with E-state index in [0.29, 0.717) is 12.8 Å². The first-order chi connectivity index (χ1) is 12.5. The minimum absolute atomic E-state index is 0.359. The summed E-state index contributed by atoms with van der Waals surface area (Å²) >= 11 is 0. The number of benzene rings is 2. The van der Waals surface area contributed by atoms with Crippen molar-refractivity contribution in [2.45, 2.75) is 40.2 Å². The molecule has 0 heterocycles. The molecule has 26 heavy (non-hydrogen) atoms. The van der Waals surface area contributed by atoms with E-state index in [-0.39, 0.29) is 0 Å². The maximum Gasteiger partial charge on any atom is 0.236 e. The molecular formula is C23H29O2P. The van der Waals surface area contributed by atoms with E-state index in [0.717, 1.165) is 23.7 Å². The molecule has 0 amide bonds. The van der Waals surface area contributed by atoms with Crippen LogP contribution >= 0.6 is 7.37 Å². The van der Waals surface area contributed by atoms with Gasteiger partial charge in [0.2, 0.25) is 7.37 Å². The molecule has 2 aromatic carbocycles. The van der Waals surface area contributed by atoms with Crippen molar-refractivity contribution < 1.29 is 9.09 Å². The second-order valence-electron chi connectivity index (χ2n) is 6.82. The van der Waals surface area contributed by atoms with Crippen LogP contribution in [0.3, 0.4) is 0 Å². The van der Waals surface area contributed by atoms with Crippen LogP contribution in [0.2, 0.25) is 0 Å². The lowest BCUT2D eigenvalue weighted by atomic mass is 10.1. The molecule has 138 valence electrons. The highest BCUT2D eigenvalue weighted by Crippen LogP contribution is 2.46. The van der Waals surface area contributed by atoms with Crippen LogP contribution in [0.4, 0.5) is 0 Å². The Kier molecular flexibility index (Phi) is 8.09. The Bertz CT molecular complexity index is 772. The summed E-state index contributed by atoms with van der Waals surface area (Å²) in [5.41, 5.74) is 3.62. The van der Waals surface area contributed by atoms with Crippen LogP contribution in [0.25, 0.3) is 0 Å². The molecule has 2 nitrogen and oxygen atoms in total. The standard InChI is InChI=1S/C23H29O2P/c1-20(2)11-10-12-21(3)17-18-26(24,23-15-8-5-9-16-23)25-19-22-13-6-4-7-14-22/h4-9,11,13-17H,10,12,18-19H2,1-3H3/b21-17+. The van der Waals surface area contributed by atoms with Crippen molar-refractivity contribution in [3.63, 3.8) is 0 Å². The predicted octanol–water partition coefficient (Wildman–Crippen LogP) is 6.50. The molecule has 0 saturated carbocycles. The van der Waals surface area contributed by atoms with Gasteiger partial charge in [-0.3, -0.25) is 4.57 Å². The number of hydrogen-bond donors (Lipinski definition) is 0. The van der Waals surface area contributed by atoms with E-state index in [9.17, 15) is 4.57 Å². The van der Waals surface area contributed by atoms with Crippen molar-refractivity contribution >= 4 is 12.7 Å². The first-order valence-corrected chi connectivity index (χ1v) is 10.9. The van der Waals surface area contributed by atoms with Crippen LogP contribution in [-0.4, -0.2) is 6.16 Å². The molecule has 0 radical (unpaired) electrons. The topological polar surface area (TPSA) is 26.3 Å². The van der Waals surface area contributed by atoms with Gasteiger partial charge in [0.25, 0.3) is 0 Å². The van der Waals surface area contributed by atoms with Gasteiger partial charge < -0.3 is 4.52 Å². The summed E-state index contributed by atoms with van der Waals surface area (Å²) in [6.07, 6.45) is 6.76. The van der Waals surface area contributed by atoms with Gasteiger partial charge in [0.05, 0.1) is 6.61 Å². The lowest BCUT2D eigenvalue weighted by Gasteiger charge is -2.18. The van der Waals surface area contributed by atoms with E-state index >= 15 is 0 Å². The minimum Gasteiger partial charge on any atom is -0.320 e. The van der Waals surface area contributed by atoms with Gasteiger partial charge in [-0.25, -0.2) is 0 Å². The first kappa shape index (κ1) is 20.4. The van der Waals surface area contributed by atoms with Gasteiger partial charge in [0.1, 0.15) is 0 Å². The van der Waals surface area contributed by atoms with Crippen molar-refractivity contribution in [1.29, 1.82) is 0 Å². The lowest BCUT2D eigenvalue weighted by Crippen LogP contribution is -2.10. The van der Waals surface area contributed by atoms with Gasteiger partial charge in [0, 0.05) is 11.5 Å². The van der Waals surface area contributed by atoms with Crippen molar-refractivity contribution in [2.75, 3.05) is 6.16 Å². The third kappa shape index (κ3) is 6.78. The maximum absolute atomic E-state index is 13.6. The molecule has 0 saturated heterocycles. The molecule has 0 bridgehead atoms. The molecule has 3 heteroatoms. The zero-order valence-corrected chi connectivity index (χ0v) is 16.9. The van der Waals surface area contributed by atoms with Crippen molar-refractivity contribution in [1.82, 2.24) is 0 Å². The molecule has 2 rings (SSSR count). The molecule has 1 atom stereocenters. The Hall–Kier alpha value is -1.89. The zero-order valence-electron chi connectivity index (χ0n) is 16.0. The summed E-state index contributed by atoms with van der Waals surface area (Å²) in [4.78, 5) is 0. The van der Waals surface area contributed by atoms with Gasteiger partial charge >= 0.3 is 0 Å². The second kappa shape index (κ2) is 10.3. The number of hydrogen-bond acceptors (Lipinski definition) is 2. The summed E-state index contributed by atoms with van der Waals surface area (Å²) in [6, 6.07) is 19.5. The quantitative estimate of drug-likeness (QED) is 0.373. The first-order valence-electron chi connectivity index (χ1n) is 9.12. The Labute approximate surface area is 158 Å². The normalized spacial score (nSPS) is 13.9. The fourth-order valence-corrected chi connectivity index (χ4v) is 4.61.